The number of carboxylic acid groups (broad SMARTS) is 2. The molecule has 0 aliphatic heterocycles. The number of carboxylic acids is 2. The molecule has 0 saturated heterocycles. The van der Waals surface area contributed by atoms with Crippen molar-refractivity contribution in [1.29, 1.82) is 0 Å². The number of hydrogen-bond acceptors (Lipinski definition) is 5. The van der Waals surface area contributed by atoms with E-state index in [1.54, 1.807) is 0 Å². The lowest BCUT2D eigenvalue weighted by atomic mass is 10.2. The lowest BCUT2D eigenvalue weighted by molar-refractivity contribution is -0.134. The zero-order valence-corrected chi connectivity index (χ0v) is 8.07. The molecule has 15 heavy (non-hydrogen) atoms. The van der Waals surface area contributed by atoms with Gasteiger partial charge in [-0.15, -0.1) is 0 Å². The molecule has 88 valence electrons. The van der Waals surface area contributed by atoms with Crippen molar-refractivity contribution in [2.75, 3.05) is 6.61 Å². The van der Waals surface area contributed by atoms with Crippen LogP contribution in [-0.4, -0.2) is 56.3 Å². The van der Waals surface area contributed by atoms with Gasteiger partial charge in [-0.1, -0.05) is 0 Å². The maximum Gasteiger partial charge on any atom is 0.328 e. The summed E-state index contributed by atoms with van der Waals surface area (Å²) < 4.78 is 0. The Morgan fingerprint density at radius 3 is 1.53 bits per heavy atom. The van der Waals surface area contributed by atoms with Crippen LogP contribution >= 0.6 is 0 Å². The number of carbonyl (C=O) groups is 2. The van der Waals surface area contributed by atoms with Crippen LogP contribution in [0.2, 0.25) is 0 Å². The van der Waals surface area contributed by atoms with Crippen LogP contribution in [0, 0.1) is 0 Å². The highest BCUT2D eigenvalue weighted by Crippen LogP contribution is 1.87. The molecule has 0 spiro atoms. The lowest BCUT2D eigenvalue weighted by Gasteiger charge is -2.07. The van der Waals surface area contributed by atoms with Gasteiger partial charge in [-0.05, 0) is 6.92 Å². The van der Waals surface area contributed by atoms with Crippen molar-refractivity contribution in [1.82, 2.24) is 0 Å². The Morgan fingerprint density at radius 1 is 1.13 bits per heavy atom. The van der Waals surface area contributed by atoms with Gasteiger partial charge < -0.3 is 25.5 Å². The maximum absolute atomic E-state index is 9.55. The first-order valence-corrected chi connectivity index (χ1v) is 3.92. The molecular weight excluding hydrogens is 208 g/mol. The van der Waals surface area contributed by atoms with Crippen LogP contribution in [-0.2, 0) is 9.59 Å². The normalized spacial score (nSPS) is 13.9. The molecule has 7 nitrogen and oxygen atoms in total. The largest absolute Gasteiger partial charge is 0.478 e. The van der Waals surface area contributed by atoms with E-state index in [4.69, 9.17) is 25.5 Å². The Kier molecular flexibility index (Phi) is 9.74. The molecule has 0 aromatic heterocycles. The van der Waals surface area contributed by atoms with E-state index in [2.05, 4.69) is 0 Å². The Balaban J connectivity index is 0. The predicted octanol–water partition coefficient (Wildman–Crippen LogP) is -1.57. The summed E-state index contributed by atoms with van der Waals surface area (Å²) in [6.07, 6.45) is -0.699. The Labute approximate surface area is 85.9 Å². The van der Waals surface area contributed by atoms with Crippen molar-refractivity contribution in [2.45, 2.75) is 19.1 Å². The first kappa shape index (κ1) is 16.0. The van der Waals surface area contributed by atoms with E-state index in [1.807, 2.05) is 0 Å². The average Bonchev–Trinajstić information content (AvgIpc) is 2.14. The van der Waals surface area contributed by atoms with E-state index >= 15 is 0 Å². The fourth-order valence-electron chi connectivity index (χ4n) is 0.295. The third kappa shape index (κ3) is 15.3. The highest BCUT2D eigenvalue weighted by atomic mass is 16.4. The monoisotopic (exact) mass is 222 g/mol. The molecular formula is C8H14O7. The van der Waals surface area contributed by atoms with E-state index < -0.39 is 24.1 Å². The summed E-state index contributed by atoms with van der Waals surface area (Å²) in [5, 5.41) is 40.6. The third-order valence-corrected chi connectivity index (χ3v) is 1.11. The molecule has 0 aliphatic carbocycles. The molecule has 0 saturated carbocycles. The van der Waals surface area contributed by atoms with Gasteiger partial charge in [0.15, 0.2) is 0 Å². The van der Waals surface area contributed by atoms with Gasteiger partial charge in [0.25, 0.3) is 0 Å². The highest BCUT2D eigenvalue weighted by Gasteiger charge is 2.06. The molecule has 0 amide bonds. The van der Waals surface area contributed by atoms with Gasteiger partial charge in [0.1, 0.15) is 6.10 Å². The summed E-state index contributed by atoms with van der Waals surface area (Å²) >= 11 is 0. The molecule has 0 aromatic rings. The van der Waals surface area contributed by atoms with Gasteiger partial charge in [0, 0.05) is 12.2 Å². The van der Waals surface area contributed by atoms with Crippen LogP contribution in [0.5, 0.6) is 0 Å². The maximum atomic E-state index is 9.55. The summed E-state index contributed by atoms with van der Waals surface area (Å²) in [6, 6.07) is 0. The van der Waals surface area contributed by atoms with Crippen LogP contribution in [0.25, 0.3) is 0 Å². The van der Waals surface area contributed by atoms with Crippen molar-refractivity contribution >= 4 is 11.9 Å². The quantitative estimate of drug-likeness (QED) is 0.362. The summed E-state index contributed by atoms with van der Waals surface area (Å²) in [6.45, 7) is 1.04. The minimum absolute atomic E-state index is 0.377. The smallest absolute Gasteiger partial charge is 0.328 e. The van der Waals surface area contributed by atoms with Crippen molar-refractivity contribution in [3.05, 3.63) is 12.2 Å². The predicted molar refractivity (Wildman–Crippen MR) is 49.2 cm³/mol. The highest BCUT2D eigenvalue weighted by molar-refractivity contribution is 5.89. The van der Waals surface area contributed by atoms with Gasteiger partial charge in [0.2, 0.25) is 0 Å². The summed E-state index contributed by atoms with van der Waals surface area (Å²) in [5.41, 5.74) is 0. The number of hydrogen-bond donors (Lipinski definition) is 5. The minimum atomic E-state index is -1.26. The second-order valence-corrected chi connectivity index (χ2v) is 2.50. The Morgan fingerprint density at radius 2 is 1.47 bits per heavy atom. The molecule has 0 bridgehead atoms. The third-order valence-electron chi connectivity index (χ3n) is 1.11. The Bertz CT molecular complexity index is 205. The molecule has 0 aliphatic rings. The molecule has 0 radical (unpaired) electrons. The topological polar surface area (TPSA) is 135 Å². The van der Waals surface area contributed by atoms with Gasteiger partial charge >= 0.3 is 11.9 Å². The molecule has 0 fully saturated rings. The van der Waals surface area contributed by atoms with Gasteiger partial charge in [-0.3, -0.25) is 0 Å². The lowest BCUT2D eigenvalue weighted by Crippen LogP contribution is -2.25. The molecule has 5 N–H and O–H groups in total. The van der Waals surface area contributed by atoms with Crippen molar-refractivity contribution in [2.24, 2.45) is 0 Å². The second kappa shape index (κ2) is 9.13. The van der Waals surface area contributed by atoms with Crippen LogP contribution in [0.3, 0.4) is 0 Å². The standard InChI is InChI=1S/C4H4O4.C4H10O3/c5-3(6)1-2-4(7)8;1-3(6)4(7)2-5/h1-2H,(H,5,6)(H,7,8);3-7H,2H2,1H3/b2-1+;. The van der Waals surface area contributed by atoms with Gasteiger partial charge in [0.05, 0.1) is 12.7 Å². The molecule has 7 heteroatoms. The first-order chi connectivity index (χ1) is 6.81. The SMILES string of the molecule is CC(O)C(O)CO.O=C(O)/C=C/C(=O)O. The van der Waals surface area contributed by atoms with Crippen molar-refractivity contribution in [3.63, 3.8) is 0 Å². The average molecular weight is 222 g/mol. The van der Waals surface area contributed by atoms with Crippen molar-refractivity contribution < 1.29 is 35.1 Å². The van der Waals surface area contributed by atoms with E-state index in [-0.39, 0.29) is 6.61 Å². The Hall–Kier alpha value is -1.44. The zero-order valence-electron chi connectivity index (χ0n) is 8.07. The summed E-state index contributed by atoms with van der Waals surface area (Å²) in [5.74, 6) is -2.51. The number of aliphatic hydroxyl groups excluding tert-OH is 3. The van der Waals surface area contributed by atoms with E-state index in [1.165, 1.54) is 6.92 Å². The van der Waals surface area contributed by atoms with Crippen LogP contribution in [0.15, 0.2) is 12.2 Å². The first-order valence-electron chi connectivity index (χ1n) is 3.92. The van der Waals surface area contributed by atoms with Crippen molar-refractivity contribution in [3.8, 4) is 0 Å². The fraction of sp³-hybridized carbons (Fsp3) is 0.500. The minimum Gasteiger partial charge on any atom is -0.478 e. The van der Waals surface area contributed by atoms with E-state index in [9.17, 15) is 9.59 Å². The zero-order chi connectivity index (χ0) is 12.4. The number of aliphatic carboxylic acids is 2. The van der Waals surface area contributed by atoms with Crippen LogP contribution in [0.4, 0.5) is 0 Å². The molecule has 2 unspecified atom stereocenters. The number of rotatable bonds is 4. The molecule has 0 heterocycles. The molecule has 2 atom stereocenters. The van der Waals surface area contributed by atoms with Crippen LogP contribution in [0.1, 0.15) is 6.92 Å². The van der Waals surface area contributed by atoms with E-state index in [0.717, 1.165) is 0 Å². The summed E-state index contributed by atoms with van der Waals surface area (Å²) in [4.78, 5) is 19.1. The number of aliphatic hydroxyl groups is 3. The van der Waals surface area contributed by atoms with Gasteiger partial charge in [-0.2, -0.15) is 0 Å². The van der Waals surface area contributed by atoms with Gasteiger partial charge in [-0.25, -0.2) is 9.59 Å². The molecule has 0 rings (SSSR count). The molecule has 0 aromatic carbocycles. The van der Waals surface area contributed by atoms with E-state index in [0.29, 0.717) is 12.2 Å². The van der Waals surface area contributed by atoms with Crippen LogP contribution < -0.4 is 0 Å². The second-order valence-electron chi connectivity index (χ2n) is 2.50. The summed E-state index contributed by atoms with van der Waals surface area (Å²) in [7, 11) is 0. The fourth-order valence-corrected chi connectivity index (χ4v) is 0.295.